The van der Waals surface area contributed by atoms with Crippen molar-refractivity contribution < 1.29 is 14.3 Å². The molecular weight excluding hydrogens is 466 g/mol. The molecule has 0 radical (unpaired) electrons. The Morgan fingerprint density at radius 3 is 2.53 bits per heavy atom. The van der Waals surface area contributed by atoms with Crippen LogP contribution < -0.4 is 15.4 Å². The number of ether oxygens (including phenoxy) is 1. The molecule has 2 amide bonds. The van der Waals surface area contributed by atoms with E-state index in [1.54, 1.807) is 13.2 Å². The molecule has 4 rings (SSSR count). The van der Waals surface area contributed by atoms with E-state index in [2.05, 4.69) is 15.6 Å². The summed E-state index contributed by atoms with van der Waals surface area (Å²) in [7, 11) is 1.62. The Morgan fingerprint density at radius 2 is 1.79 bits per heavy atom. The third kappa shape index (κ3) is 6.24. The number of fused-ring (bicyclic) bond motifs is 1. The van der Waals surface area contributed by atoms with Gasteiger partial charge in [0.1, 0.15) is 5.75 Å². The van der Waals surface area contributed by atoms with Crippen molar-refractivity contribution in [3.63, 3.8) is 0 Å². The number of nitrogens with one attached hydrogen (secondary N) is 2. The fourth-order valence-corrected chi connectivity index (χ4v) is 4.85. The minimum absolute atomic E-state index is 0.126. The molecule has 0 saturated heterocycles. The van der Waals surface area contributed by atoms with Crippen LogP contribution in [0.25, 0.3) is 16.3 Å². The van der Waals surface area contributed by atoms with E-state index in [9.17, 15) is 9.59 Å². The van der Waals surface area contributed by atoms with Gasteiger partial charge in [-0.05, 0) is 61.0 Å². The second-order valence-corrected chi connectivity index (χ2v) is 9.80. The van der Waals surface area contributed by atoms with Crippen LogP contribution in [0.5, 0.6) is 5.75 Å². The van der Waals surface area contributed by atoms with Gasteiger partial charge in [0.25, 0.3) is 0 Å². The minimum atomic E-state index is -0.323. The number of carbonyl (C=O) groups excluding carboxylic acids is 2. The highest BCUT2D eigenvalue weighted by molar-refractivity contribution is 8.00. The maximum Gasteiger partial charge on any atom is 0.248 e. The number of carbonyl (C=O) groups is 2. The highest BCUT2D eigenvalue weighted by Gasteiger charge is 2.17. The maximum atomic E-state index is 12.7. The van der Waals surface area contributed by atoms with Gasteiger partial charge in [-0.2, -0.15) is 0 Å². The number of hydrogen-bond acceptors (Lipinski definition) is 6. The Labute approximate surface area is 206 Å². The fraction of sp³-hybridized carbons (Fsp3) is 0.115. The van der Waals surface area contributed by atoms with Gasteiger partial charge in [-0.3, -0.25) is 9.59 Å². The highest BCUT2D eigenvalue weighted by Crippen LogP contribution is 2.30. The van der Waals surface area contributed by atoms with Crippen LogP contribution in [0.4, 0.5) is 10.8 Å². The summed E-state index contributed by atoms with van der Waals surface area (Å²) in [6.07, 6.45) is 3.27. The lowest BCUT2D eigenvalue weighted by Gasteiger charge is -2.11. The van der Waals surface area contributed by atoms with Crippen molar-refractivity contribution in [3.8, 4) is 5.75 Å². The third-order valence-electron chi connectivity index (χ3n) is 4.86. The number of aromatic nitrogens is 1. The molecule has 6 nitrogen and oxygen atoms in total. The molecule has 1 aromatic heterocycles. The van der Waals surface area contributed by atoms with E-state index in [4.69, 9.17) is 4.74 Å². The second-order valence-electron chi connectivity index (χ2n) is 7.36. The molecule has 1 atom stereocenters. The van der Waals surface area contributed by atoms with Crippen molar-refractivity contribution in [2.45, 2.75) is 17.1 Å². The zero-order valence-electron chi connectivity index (χ0n) is 18.6. The Morgan fingerprint density at radius 1 is 1.03 bits per heavy atom. The molecule has 1 heterocycles. The van der Waals surface area contributed by atoms with Crippen LogP contribution in [-0.4, -0.2) is 29.2 Å². The van der Waals surface area contributed by atoms with Crippen LogP contribution in [0.1, 0.15) is 12.5 Å². The molecule has 0 spiro atoms. The first-order valence-corrected chi connectivity index (χ1v) is 12.3. The van der Waals surface area contributed by atoms with Crippen molar-refractivity contribution >= 4 is 62.0 Å². The summed E-state index contributed by atoms with van der Waals surface area (Å²) in [5.41, 5.74) is 2.47. The molecular formula is C26H23N3O3S2. The van der Waals surface area contributed by atoms with Gasteiger partial charge in [-0.1, -0.05) is 41.7 Å². The Hall–Kier alpha value is -3.62. The summed E-state index contributed by atoms with van der Waals surface area (Å²) >= 11 is 2.85. The number of thiazole rings is 1. The number of amides is 2. The van der Waals surface area contributed by atoms with Crippen LogP contribution in [0.3, 0.4) is 0 Å². The number of anilines is 2. The van der Waals surface area contributed by atoms with Gasteiger partial charge in [-0.15, -0.1) is 11.8 Å². The van der Waals surface area contributed by atoms with Gasteiger partial charge >= 0.3 is 0 Å². The number of hydrogen-bond donors (Lipinski definition) is 2. The lowest BCUT2D eigenvalue weighted by molar-refractivity contribution is -0.115. The van der Waals surface area contributed by atoms with Crippen LogP contribution in [0.2, 0.25) is 0 Å². The number of nitrogens with zero attached hydrogens (tertiary/aromatic N) is 1. The second kappa shape index (κ2) is 11.0. The van der Waals surface area contributed by atoms with Gasteiger partial charge in [0, 0.05) is 16.7 Å². The largest absolute Gasteiger partial charge is 0.497 e. The van der Waals surface area contributed by atoms with Crippen LogP contribution >= 0.6 is 23.1 Å². The topological polar surface area (TPSA) is 80.3 Å². The summed E-state index contributed by atoms with van der Waals surface area (Å²) < 4.78 is 6.19. The SMILES string of the molecule is COc1ccc2nc(NC(=O)C(C)Sc3ccc(NC(=O)/C=C/c4ccccc4)cc3)sc2c1. The molecule has 1 unspecified atom stereocenters. The highest BCUT2D eigenvalue weighted by atomic mass is 32.2. The van der Waals surface area contributed by atoms with E-state index in [0.29, 0.717) is 10.8 Å². The standard InChI is InChI=1S/C26H23N3O3S2/c1-17(25(31)29-26-28-22-14-11-20(32-2)16-23(22)34-26)33-21-12-9-19(10-13-21)27-24(30)15-8-18-6-4-3-5-7-18/h3-17H,1-2H3,(H,27,30)(H,28,29,31)/b15-8+. The van der Waals surface area contributed by atoms with Crippen LogP contribution in [0, 0.1) is 0 Å². The summed E-state index contributed by atoms with van der Waals surface area (Å²) in [6, 6.07) is 22.7. The molecule has 34 heavy (non-hydrogen) atoms. The number of thioether (sulfide) groups is 1. The molecule has 0 bridgehead atoms. The third-order valence-corrected chi connectivity index (χ3v) is 6.90. The molecule has 2 N–H and O–H groups in total. The van der Waals surface area contributed by atoms with Gasteiger partial charge < -0.3 is 15.4 Å². The van der Waals surface area contributed by atoms with Gasteiger partial charge in [0.2, 0.25) is 11.8 Å². The summed E-state index contributed by atoms with van der Waals surface area (Å²) in [5.74, 6) is 0.426. The molecule has 0 fully saturated rings. The first-order valence-electron chi connectivity index (χ1n) is 10.6. The zero-order chi connectivity index (χ0) is 23.9. The van der Waals surface area contributed by atoms with E-state index >= 15 is 0 Å². The Balaban J connectivity index is 1.30. The van der Waals surface area contributed by atoms with E-state index in [0.717, 1.165) is 26.4 Å². The first-order chi connectivity index (χ1) is 16.5. The quantitative estimate of drug-likeness (QED) is 0.232. The normalized spacial score (nSPS) is 11.9. The van der Waals surface area contributed by atoms with E-state index < -0.39 is 0 Å². The lowest BCUT2D eigenvalue weighted by atomic mass is 10.2. The molecule has 172 valence electrons. The molecule has 8 heteroatoms. The predicted octanol–water partition coefficient (Wildman–Crippen LogP) is 6.08. The molecule has 0 aliphatic heterocycles. The van der Waals surface area contributed by atoms with E-state index in [1.807, 2.05) is 79.7 Å². The van der Waals surface area contributed by atoms with Crippen molar-refractivity contribution in [3.05, 3.63) is 84.4 Å². The number of rotatable bonds is 8. The maximum absolute atomic E-state index is 12.7. The Bertz CT molecular complexity index is 1320. The average molecular weight is 490 g/mol. The smallest absolute Gasteiger partial charge is 0.248 e. The molecule has 0 saturated carbocycles. The van der Waals surface area contributed by atoms with Crippen molar-refractivity contribution in [1.82, 2.24) is 4.98 Å². The molecule has 3 aromatic carbocycles. The Kier molecular flexibility index (Phi) is 7.61. The fourth-order valence-electron chi connectivity index (χ4n) is 3.09. The van der Waals surface area contributed by atoms with Gasteiger partial charge in [0.05, 0.1) is 22.6 Å². The van der Waals surface area contributed by atoms with Crippen molar-refractivity contribution in [2.24, 2.45) is 0 Å². The van der Waals surface area contributed by atoms with E-state index in [1.165, 1.54) is 29.2 Å². The number of methoxy groups -OCH3 is 1. The van der Waals surface area contributed by atoms with E-state index in [-0.39, 0.29) is 17.1 Å². The van der Waals surface area contributed by atoms with Crippen molar-refractivity contribution in [2.75, 3.05) is 17.7 Å². The predicted molar refractivity (Wildman–Crippen MR) is 141 cm³/mol. The average Bonchev–Trinajstić information content (AvgIpc) is 3.26. The number of benzene rings is 3. The first kappa shape index (κ1) is 23.5. The van der Waals surface area contributed by atoms with Crippen LogP contribution in [-0.2, 0) is 9.59 Å². The zero-order valence-corrected chi connectivity index (χ0v) is 20.3. The summed E-state index contributed by atoms with van der Waals surface area (Å²) in [5, 5.41) is 5.97. The van der Waals surface area contributed by atoms with Crippen LogP contribution in [0.15, 0.2) is 83.8 Å². The molecule has 4 aromatic rings. The lowest BCUT2D eigenvalue weighted by Crippen LogP contribution is -2.22. The summed E-state index contributed by atoms with van der Waals surface area (Å²) in [4.78, 5) is 30.2. The summed E-state index contributed by atoms with van der Waals surface area (Å²) in [6.45, 7) is 1.85. The molecule has 0 aliphatic carbocycles. The monoisotopic (exact) mass is 489 g/mol. The van der Waals surface area contributed by atoms with Gasteiger partial charge in [0.15, 0.2) is 5.13 Å². The van der Waals surface area contributed by atoms with Gasteiger partial charge in [-0.25, -0.2) is 4.98 Å². The molecule has 0 aliphatic rings. The minimum Gasteiger partial charge on any atom is -0.497 e. The van der Waals surface area contributed by atoms with Crippen molar-refractivity contribution in [1.29, 1.82) is 0 Å².